The van der Waals surface area contributed by atoms with Crippen molar-refractivity contribution in [2.45, 2.75) is 12.0 Å². The lowest BCUT2D eigenvalue weighted by Crippen LogP contribution is -2.60. The fraction of sp³-hybridized carbons (Fsp3) is 0.0299. The van der Waals surface area contributed by atoms with E-state index in [-0.39, 0.29) is 0 Å². The fourth-order valence-electron chi connectivity index (χ4n) is 12.9. The van der Waals surface area contributed by atoms with E-state index in [1.807, 2.05) is 0 Å². The Balaban J connectivity index is 1.23. The Hall–Kier alpha value is -9.05. The van der Waals surface area contributed by atoms with Crippen molar-refractivity contribution in [2.75, 3.05) is 0 Å². The molecule has 7 aromatic carbocycles. The molecule has 1 unspecified atom stereocenters. The van der Waals surface area contributed by atoms with Gasteiger partial charge in [0.1, 0.15) is 0 Å². The Labute approximate surface area is 403 Å². The number of nitrogens with zero attached hydrogens (tertiary/aromatic N) is 3. The van der Waals surface area contributed by atoms with Crippen LogP contribution in [0.1, 0.15) is 16.7 Å². The van der Waals surface area contributed by atoms with Crippen molar-refractivity contribution < 1.29 is 13.4 Å². The van der Waals surface area contributed by atoms with Gasteiger partial charge in [0.2, 0.25) is 22.3 Å². The average molecular weight is 889 g/mol. The summed E-state index contributed by atoms with van der Waals surface area (Å²) in [6.45, 7) is 0. The summed E-state index contributed by atoms with van der Waals surface area (Å²) >= 11 is 0. The summed E-state index contributed by atoms with van der Waals surface area (Å²) in [5, 5.41) is 13.2. The van der Waals surface area contributed by atoms with Crippen molar-refractivity contribution in [3.05, 3.63) is 259 Å². The fourth-order valence-corrected chi connectivity index (χ4v) is 12.9. The maximum atomic E-state index is 2.63. The highest BCUT2D eigenvalue weighted by atomic mass is 15.1. The second kappa shape index (κ2) is 14.0. The van der Waals surface area contributed by atoms with Gasteiger partial charge >= 0.3 is 0 Å². The van der Waals surface area contributed by atoms with E-state index in [4.69, 9.17) is 0 Å². The molecule has 8 heterocycles. The van der Waals surface area contributed by atoms with Crippen molar-refractivity contribution in [3.8, 4) is 33.5 Å². The first-order valence-corrected chi connectivity index (χ1v) is 24.4. The Morgan fingerprint density at radius 3 is 1.77 bits per heavy atom. The number of fused-ring (bicyclic) bond motifs is 23. The smallest absolute Gasteiger partial charge is 0.184 e. The molecule has 10 bridgehead atoms. The minimum absolute atomic E-state index is 0.625. The van der Waals surface area contributed by atoms with Crippen LogP contribution in [0.5, 0.6) is 0 Å². The number of aromatic nitrogens is 3. The van der Waals surface area contributed by atoms with E-state index in [0.717, 1.165) is 11.8 Å². The lowest BCUT2D eigenvalue weighted by molar-refractivity contribution is -0.733. The molecular weight excluding hydrogens is 847 g/mol. The van der Waals surface area contributed by atoms with Gasteiger partial charge < -0.3 is 0 Å². The second-order valence-electron chi connectivity index (χ2n) is 19.5. The Bertz CT molecular complexity index is 4680. The number of pyridine rings is 3. The monoisotopic (exact) mass is 888 g/mol. The van der Waals surface area contributed by atoms with Crippen LogP contribution in [0.15, 0.2) is 237 Å². The van der Waals surface area contributed by atoms with Gasteiger partial charge in [-0.15, -0.1) is 0 Å². The lowest BCUT2D eigenvalue weighted by Gasteiger charge is -2.34. The van der Waals surface area contributed by atoms with Crippen LogP contribution < -0.4 is 18.6 Å². The molecule has 322 valence electrons. The molecule has 0 N–H and O–H groups in total. The van der Waals surface area contributed by atoms with Crippen LogP contribution in [0.4, 0.5) is 0 Å². The molecule has 1 spiro atoms. The molecule has 0 radical (unpaired) electrons. The largest absolute Gasteiger partial charge is 0.292 e. The zero-order valence-electron chi connectivity index (χ0n) is 38.1. The molecule has 2 aliphatic heterocycles. The highest BCUT2D eigenvalue weighted by molar-refractivity contribution is 6.17. The van der Waals surface area contributed by atoms with Crippen LogP contribution in [0.3, 0.4) is 0 Å². The van der Waals surface area contributed by atoms with E-state index in [1.165, 1.54) is 132 Å². The van der Waals surface area contributed by atoms with Crippen molar-refractivity contribution in [2.24, 2.45) is 0 Å². The average Bonchev–Trinajstić information content (AvgIpc) is 3.85. The van der Waals surface area contributed by atoms with Crippen LogP contribution in [-0.4, -0.2) is 0 Å². The van der Waals surface area contributed by atoms with Gasteiger partial charge in [-0.05, 0) is 115 Å². The molecule has 6 aromatic heterocycles. The summed E-state index contributed by atoms with van der Waals surface area (Å²) in [6, 6.07) is 79.8. The Morgan fingerprint density at radius 1 is 0.371 bits per heavy atom. The number of hydrogen-bond acceptors (Lipinski definition) is 0. The van der Waals surface area contributed by atoms with Crippen LogP contribution in [0, 0.1) is 0 Å². The number of benzene rings is 7. The predicted octanol–water partition coefficient (Wildman–Crippen LogP) is 13.7. The summed E-state index contributed by atoms with van der Waals surface area (Å²) in [6.07, 6.45) is 13.2. The third kappa shape index (κ3) is 5.10. The van der Waals surface area contributed by atoms with Gasteiger partial charge in [-0.3, -0.25) is 0 Å². The zero-order valence-corrected chi connectivity index (χ0v) is 38.1. The Morgan fingerprint density at radius 2 is 0.986 bits per heavy atom. The van der Waals surface area contributed by atoms with Crippen molar-refractivity contribution >= 4 is 87.6 Å². The predicted molar refractivity (Wildman–Crippen MR) is 287 cm³/mol. The molecular formula is C67H42N3+3. The van der Waals surface area contributed by atoms with Crippen molar-refractivity contribution in [1.82, 2.24) is 0 Å². The summed E-state index contributed by atoms with van der Waals surface area (Å²) in [5.74, 6) is 0. The lowest BCUT2D eigenvalue weighted by atomic mass is 9.74. The molecule has 3 nitrogen and oxygen atoms in total. The first kappa shape index (κ1) is 38.0. The van der Waals surface area contributed by atoms with Crippen LogP contribution >= 0.6 is 0 Å². The molecule has 3 heteroatoms. The van der Waals surface area contributed by atoms with Gasteiger partial charge in [0.05, 0.1) is 26.9 Å². The highest BCUT2D eigenvalue weighted by Crippen LogP contribution is 2.46. The minimum Gasteiger partial charge on any atom is -0.184 e. The van der Waals surface area contributed by atoms with Gasteiger partial charge in [-0.25, -0.2) is 0 Å². The van der Waals surface area contributed by atoms with E-state index in [0.29, 0.717) is 0 Å². The summed E-state index contributed by atoms with van der Waals surface area (Å²) in [7, 11) is 0. The van der Waals surface area contributed by atoms with Gasteiger partial charge in [-0.1, -0.05) is 146 Å². The number of rotatable bonds is 1. The number of hydrogen-bond donors (Lipinski definition) is 0. The molecule has 1 aliphatic carbocycles. The summed E-state index contributed by atoms with van der Waals surface area (Å²) in [5.41, 5.74) is 16.5. The topological polar surface area (TPSA) is 12.1 Å². The second-order valence-corrected chi connectivity index (χ2v) is 19.5. The summed E-state index contributed by atoms with van der Waals surface area (Å²) in [4.78, 5) is 0. The first-order valence-electron chi connectivity index (χ1n) is 24.4. The Kier molecular flexibility index (Phi) is 7.60. The van der Waals surface area contributed by atoms with Gasteiger partial charge in [0, 0.05) is 52.3 Å². The maximum Gasteiger partial charge on any atom is 0.292 e. The quantitative estimate of drug-likeness (QED) is 0.146. The third-order valence-electron chi connectivity index (χ3n) is 16.0. The van der Waals surface area contributed by atoms with Gasteiger partial charge in [0.15, 0.2) is 18.6 Å². The minimum atomic E-state index is -0.625. The molecule has 70 heavy (non-hydrogen) atoms. The number of allylic oxidation sites excluding steroid dienone is 2. The van der Waals surface area contributed by atoms with E-state index in [1.54, 1.807) is 0 Å². The first-order chi connectivity index (χ1) is 34.7. The van der Waals surface area contributed by atoms with E-state index >= 15 is 0 Å². The van der Waals surface area contributed by atoms with Crippen LogP contribution in [0.25, 0.3) is 121 Å². The molecule has 0 saturated carbocycles. The van der Waals surface area contributed by atoms with Crippen molar-refractivity contribution in [1.29, 1.82) is 0 Å². The van der Waals surface area contributed by atoms with E-state index < -0.39 is 5.54 Å². The third-order valence-corrected chi connectivity index (χ3v) is 16.0. The van der Waals surface area contributed by atoms with Gasteiger partial charge in [0.25, 0.3) is 11.0 Å². The molecule has 0 fully saturated rings. The summed E-state index contributed by atoms with van der Waals surface area (Å²) < 4.78 is 7.63. The van der Waals surface area contributed by atoms with Crippen molar-refractivity contribution in [3.63, 3.8) is 0 Å². The zero-order chi connectivity index (χ0) is 45.7. The normalized spacial score (nSPS) is 15.3. The van der Waals surface area contributed by atoms with Crippen LogP contribution in [0.2, 0.25) is 0 Å². The van der Waals surface area contributed by atoms with Gasteiger partial charge in [-0.2, -0.15) is 13.4 Å². The van der Waals surface area contributed by atoms with Crippen LogP contribution in [-0.2, 0) is 12.0 Å². The van der Waals surface area contributed by atoms with E-state index in [2.05, 4.69) is 256 Å². The van der Waals surface area contributed by atoms with E-state index in [9.17, 15) is 0 Å². The molecule has 13 aromatic rings. The SMILES string of the molecule is C1=C2C=c3cc(c4ccccc4c4c[n+]5c(cc4-c4ccccc4)c4ccccc4c5c4c5ccccc5c5ccc(c[n+]54)c4ccccc34)C13Cc1ccccc1-c1ccc(c[n+]13)-c1ccccc12. The molecule has 0 amide bonds. The molecule has 16 rings (SSSR count). The molecule has 0 saturated heterocycles. The molecule has 3 aliphatic rings. The standard InChI is InChI=1S/C67H42N3/c1-2-16-42(17-3-1)59-36-64-56-27-13-15-29-58(56)66-65-57-28-14-12-26-55(57)62-32-30-44(39-68(62)65)48-19-6-8-21-50(48)46-34-47-38-67(61(35-46)54-25-11-10-24-53(54)60(59)41-69(64)66)37-43-18-4-5-23-52(43)63-33-31-45(40-70(63)67)49-20-7-9-22-51(47)49/h1-36,38-41H,37H2/q+3. The molecule has 1 atom stereocenters. The maximum absolute atomic E-state index is 2.63. The highest BCUT2D eigenvalue weighted by Gasteiger charge is 2.49.